The third kappa shape index (κ3) is 3.77. The molecule has 32 heavy (non-hydrogen) atoms. The summed E-state index contributed by atoms with van der Waals surface area (Å²) in [6.07, 6.45) is 15.1. The first kappa shape index (κ1) is 23.2. The van der Waals surface area contributed by atoms with Crippen molar-refractivity contribution >= 4 is 5.97 Å². The zero-order valence-electron chi connectivity index (χ0n) is 21.7. The summed E-state index contributed by atoms with van der Waals surface area (Å²) < 4.78 is 5.66. The molecule has 10 atom stereocenters. The van der Waals surface area contributed by atoms with Crippen LogP contribution in [0.1, 0.15) is 112 Å². The summed E-state index contributed by atoms with van der Waals surface area (Å²) in [7, 11) is 0. The van der Waals surface area contributed by atoms with Crippen LogP contribution in [0, 0.1) is 46.3 Å². The Labute approximate surface area is 197 Å². The summed E-state index contributed by atoms with van der Waals surface area (Å²) in [5.74, 6) is 5.27. The van der Waals surface area contributed by atoms with Crippen LogP contribution in [0.2, 0.25) is 0 Å². The van der Waals surface area contributed by atoms with Gasteiger partial charge in [-0.1, -0.05) is 20.8 Å². The highest BCUT2D eigenvalue weighted by molar-refractivity contribution is 5.66. The van der Waals surface area contributed by atoms with E-state index < -0.39 is 0 Å². The van der Waals surface area contributed by atoms with Gasteiger partial charge in [-0.25, -0.2) is 0 Å². The van der Waals surface area contributed by atoms with Gasteiger partial charge in [-0.2, -0.15) is 0 Å². The van der Waals surface area contributed by atoms with Crippen LogP contribution in [0.4, 0.5) is 0 Å². The minimum Gasteiger partial charge on any atom is -0.463 e. The Hall–Kier alpha value is -0.570. The fraction of sp³-hybridized carbons (Fsp3) is 0.966. The molecule has 4 saturated carbocycles. The Balaban J connectivity index is 1.25. The van der Waals surface area contributed by atoms with Gasteiger partial charge in [0, 0.05) is 18.5 Å². The van der Waals surface area contributed by atoms with Gasteiger partial charge in [0.25, 0.3) is 0 Å². The molecule has 3 heteroatoms. The fourth-order valence-electron chi connectivity index (χ4n) is 10.0. The van der Waals surface area contributed by atoms with Crippen molar-refractivity contribution in [1.29, 1.82) is 0 Å². The summed E-state index contributed by atoms with van der Waals surface area (Å²) in [6, 6.07) is 0.753. The van der Waals surface area contributed by atoms with Crippen LogP contribution in [-0.2, 0) is 9.53 Å². The standard InChI is InChI=1S/C29H49NO2/c1-18(7-12-26-27(3,4)30-26)23-10-11-24-22-9-8-20-17-21(32-19(2)31)13-15-28(20,5)25(22)14-16-29(23,24)6/h18,20-26,30H,7-17H2,1-6H3. The summed E-state index contributed by atoms with van der Waals surface area (Å²) in [6.45, 7) is 14.2. The SMILES string of the molecule is CC(=O)OC1CCC2(C)C(CCC3C2CCC2(C)C(C(C)CCC4NC4(C)C)CCC32)C1. The Morgan fingerprint density at radius 3 is 2.34 bits per heavy atom. The van der Waals surface area contributed by atoms with Crippen molar-refractivity contribution in [1.82, 2.24) is 5.32 Å². The van der Waals surface area contributed by atoms with Crippen molar-refractivity contribution in [3.8, 4) is 0 Å². The molecular formula is C29H49NO2. The first-order valence-electron chi connectivity index (χ1n) is 14.0. The van der Waals surface area contributed by atoms with Crippen molar-refractivity contribution in [3.63, 3.8) is 0 Å². The normalized spacial score (nSPS) is 50.0. The van der Waals surface area contributed by atoms with Gasteiger partial charge >= 0.3 is 5.97 Å². The molecule has 1 N–H and O–H groups in total. The third-order valence-corrected chi connectivity index (χ3v) is 12.0. The quantitative estimate of drug-likeness (QED) is 0.378. The average molecular weight is 444 g/mol. The molecule has 4 aliphatic carbocycles. The van der Waals surface area contributed by atoms with Crippen LogP contribution in [0.15, 0.2) is 0 Å². The minimum atomic E-state index is -0.0899. The van der Waals surface area contributed by atoms with Crippen LogP contribution < -0.4 is 5.32 Å². The fourth-order valence-corrected chi connectivity index (χ4v) is 10.0. The molecule has 10 unspecified atom stereocenters. The van der Waals surface area contributed by atoms with E-state index in [4.69, 9.17) is 4.74 Å². The van der Waals surface area contributed by atoms with Crippen molar-refractivity contribution in [2.24, 2.45) is 46.3 Å². The van der Waals surface area contributed by atoms with Crippen LogP contribution in [0.3, 0.4) is 0 Å². The topological polar surface area (TPSA) is 48.2 Å². The van der Waals surface area contributed by atoms with Gasteiger partial charge < -0.3 is 10.1 Å². The highest BCUT2D eigenvalue weighted by atomic mass is 16.5. The Bertz CT molecular complexity index is 733. The smallest absolute Gasteiger partial charge is 0.302 e. The van der Waals surface area contributed by atoms with Gasteiger partial charge in [-0.3, -0.25) is 4.79 Å². The lowest BCUT2D eigenvalue weighted by atomic mass is 9.44. The second kappa shape index (κ2) is 7.99. The largest absolute Gasteiger partial charge is 0.463 e. The number of hydrogen-bond acceptors (Lipinski definition) is 3. The summed E-state index contributed by atoms with van der Waals surface area (Å²) in [4.78, 5) is 11.5. The molecule has 1 heterocycles. The van der Waals surface area contributed by atoms with E-state index in [1.807, 2.05) is 0 Å². The van der Waals surface area contributed by atoms with Gasteiger partial charge in [0.2, 0.25) is 0 Å². The zero-order chi connectivity index (χ0) is 22.9. The Morgan fingerprint density at radius 2 is 1.66 bits per heavy atom. The van der Waals surface area contributed by atoms with E-state index in [1.165, 1.54) is 57.8 Å². The van der Waals surface area contributed by atoms with Crippen LogP contribution in [0.25, 0.3) is 0 Å². The van der Waals surface area contributed by atoms with Crippen molar-refractivity contribution in [3.05, 3.63) is 0 Å². The van der Waals surface area contributed by atoms with Gasteiger partial charge in [0.1, 0.15) is 6.10 Å². The van der Waals surface area contributed by atoms with Gasteiger partial charge in [-0.05, 0) is 131 Å². The molecule has 0 aromatic rings. The maximum atomic E-state index is 11.5. The minimum absolute atomic E-state index is 0.0899. The molecule has 0 aromatic carbocycles. The molecule has 182 valence electrons. The average Bonchev–Trinajstić information content (AvgIpc) is 3.17. The maximum Gasteiger partial charge on any atom is 0.302 e. The van der Waals surface area contributed by atoms with Gasteiger partial charge in [0.15, 0.2) is 0 Å². The second-order valence-corrected chi connectivity index (χ2v) is 13.9. The zero-order valence-corrected chi connectivity index (χ0v) is 21.7. The summed E-state index contributed by atoms with van der Waals surface area (Å²) in [5.41, 5.74) is 1.45. The van der Waals surface area contributed by atoms with E-state index in [-0.39, 0.29) is 12.1 Å². The van der Waals surface area contributed by atoms with Crippen LogP contribution in [0.5, 0.6) is 0 Å². The van der Waals surface area contributed by atoms with E-state index in [1.54, 1.807) is 6.92 Å². The van der Waals surface area contributed by atoms with Crippen molar-refractivity contribution in [2.75, 3.05) is 0 Å². The summed E-state index contributed by atoms with van der Waals surface area (Å²) >= 11 is 0. The van der Waals surface area contributed by atoms with Gasteiger partial charge in [-0.15, -0.1) is 0 Å². The molecule has 0 radical (unpaired) electrons. The highest BCUT2D eigenvalue weighted by Gasteiger charge is 2.60. The number of rotatable bonds is 5. The molecule has 1 saturated heterocycles. The monoisotopic (exact) mass is 443 g/mol. The van der Waals surface area contributed by atoms with E-state index >= 15 is 0 Å². The lowest BCUT2D eigenvalue weighted by molar-refractivity contribution is -0.160. The van der Waals surface area contributed by atoms with Crippen LogP contribution in [-0.4, -0.2) is 23.7 Å². The molecule has 0 amide bonds. The maximum absolute atomic E-state index is 11.5. The van der Waals surface area contributed by atoms with E-state index in [0.717, 1.165) is 54.4 Å². The molecule has 0 spiro atoms. The van der Waals surface area contributed by atoms with Crippen LogP contribution >= 0.6 is 0 Å². The highest BCUT2D eigenvalue weighted by Crippen LogP contribution is 2.68. The van der Waals surface area contributed by atoms with Gasteiger partial charge in [0.05, 0.1) is 0 Å². The molecule has 5 rings (SSSR count). The van der Waals surface area contributed by atoms with Crippen molar-refractivity contribution in [2.45, 2.75) is 130 Å². The lowest BCUT2D eigenvalue weighted by Gasteiger charge is -2.61. The molecule has 1 aliphatic heterocycles. The number of carbonyl (C=O) groups excluding carboxylic acids is 1. The molecule has 5 fully saturated rings. The molecule has 0 aromatic heterocycles. The lowest BCUT2D eigenvalue weighted by Crippen LogP contribution is -2.54. The second-order valence-electron chi connectivity index (χ2n) is 13.9. The third-order valence-electron chi connectivity index (χ3n) is 12.0. The Kier molecular flexibility index (Phi) is 5.79. The number of esters is 1. The van der Waals surface area contributed by atoms with E-state index in [2.05, 4.69) is 39.9 Å². The van der Waals surface area contributed by atoms with Crippen molar-refractivity contribution < 1.29 is 9.53 Å². The molecule has 3 nitrogen and oxygen atoms in total. The number of carbonyl (C=O) groups is 1. The molecule has 5 aliphatic rings. The van der Waals surface area contributed by atoms with E-state index in [9.17, 15) is 4.79 Å². The predicted molar refractivity (Wildman–Crippen MR) is 130 cm³/mol. The summed E-state index contributed by atoms with van der Waals surface area (Å²) in [5, 5.41) is 3.67. The Morgan fingerprint density at radius 1 is 0.969 bits per heavy atom. The number of hydrogen-bond donors (Lipinski definition) is 1. The first-order valence-corrected chi connectivity index (χ1v) is 14.0. The molecule has 0 bridgehead atoms. The number of ether oxygens (including phenoxy) is 1. The number of fused-ring (bicyclic) bond motifs is 5. The predicted octanol–water partition coefficient (Wildman–Crippen LogP) is 6.74. The van der Waals surface area contributed by atoms with E-state index in [0.29, 0.717) is 16.4 Å². The first-order chi connectivity index (χ1) is 15.0. The number of nitrogens with one attached hydrogen (secondary N) is 1. The molecular weight excluding hydrogens is 394 g/mol.